The molecule has 0 saturated heterocycles. The van der Waals surface area contributed by atoms with Crippen LogP contribution in [0.1, 0.15) is 51.9 Å². The minimum Gasteiger partial charge on any atom is -0.383 e. The Hall–Kier alpha value is -2.49. The molecule has 4 N–H and O–H groups in total. The zero-order valence-electron chi connectivity index (χ0n) is 24.9. The second kappa shape index (κ2) is 12.0. The van der Waals surface area contributed by atoms with Crippen molar-refractivity contribution in [3.63, 3.8) is 0 Å². The number of pyridine rings is 1. The van der Waals surface area contributed by atoms with Crippen LogP contribution in [0, 0.1) is 19.8 Å². The van der Waals surface area contributed by atoms with E-state index < -0.39 is 27.5 Å². The number of anilines is 2. The fraction of sp³-hybridized carbons (Fsp3) is 0.630. The molecular formula is C27H41N7O5S2. The van der Waals surface area contributed by atoms with E-state index in [2.05, 4.69) is 20.3 Å². The second-order valence-corrected chi connectivity index (χ2v) is 14.4. The van der Waals surface area contributed by atoms with E-state index in [1.165, 1.54) is 0 Å². The average Bonchev–Trinajstić information content (AvgIpc) is 3.41. The van der Waals surface area contributed by atoms with Gasteiger partial charge < -0.3 is 25.2 Å². The van der Waals surface area contributed by atoms with Gasteiger partial charge in [0.1, 0.15) is 16.3 Å². The molecule has 14 heteroatoms. The van der Waals surface area contributed by atoms with Crippen LogP contribution in [0.25, 0.3) is 20.8 Å². The van der Waals surface area contributed by atoms with Crippen molar-refractivity contribution in [2.24, 2.45) is 5.92 Å². The molecule has 3 atom stereocenters. The van der Waals surface area contributed by atoms with E-state index in [1.54, 1.807) is 38.5 Å². The maximum Gasteiger partial charge on any atom is 0.224 e. The highest BCUT2D eigenvalue weighted by atomic mass is 32.2. The van der Waals surface area contributed by atoms with Crippen molar-refractivity contribution in [3.05, 3.63) is 23.7 Å². The summed E-state index contributed by atoms with van der Waals surface area (Å²) in [6.45, 7) is 11.8. The lowest BCUT2D eigenvalue weighted by molar-refractivity contribution is -0.216. The molecule has 226 valence electrons. The lowest BCUT2D eigenvalue weighted by atomic mass is 9.85. The molecule has 1 aliphatic rings. The van der Waals surface area contributed by atoms with Crippen LogP contribution in [0.2, 0.25) is 0 Å². The van der Waals surface area contributed by atoms with Crippen molar-refractivity contribution < 1.29 is 23.0 Å². The minimum atomic E-state index is -3.48. The predicted molar refractivity (Wildman–Crippen MR) is 162 cm³/mol. The molecule has 0 radical (unpaired) electrons. The maximum atomic E-state index is 12.2. The van der Waals surface area contributed by atoms with E-state index >= 15 is 0 Å². The number of nitrogens with one attached hydrogen (secondary N) is 3. The molecule has 0 amide bonds. The summed E-state index contributed by atoms with van der Waals surface area (Å²) >= 11 is 1.55. The molecule has 3 aromatic rings. The largest absolute Gasteiger partial charge is 0.383 e. The molecule has 0 aromatic carbocycles. The molecule has 4 rings (SSSR count). The number of nitrogens with zero attached hydrogens (tertiary/aromatic N) is 4. The standard InChI is InChI=1S/C27H41N7O5S2/c1-15-21(24-32-22-16(2)28-10-9-20(22)40-24)23(33-25(30-15)29-11-12-38-7)31-17-13-18(19(14-17)39-27(5,6)35)26(3,4)34-41(8,36)37/h9-10,17-19,34-35H,11-14H2,1-8H3,(H2,29,30,31,33)/t17?,18?,19-/m0/s1. The molecule has 0 spiro atoms. The topological polar surface area (TPSA) is 160 Å². The number of fused-ring (bicyclic) bond motifs is 1. The Kier molecular flexibility index (Phi) is 9.21. The van der Waals surface area contributed by atoms with Crippen molar-refractivity contribution in [2.45, 2.75) is 77.9 Å². The van der Waals surface area contributed by atoms with E-state index in [0.717, 1.165) is 38.4 Å². The van der Waals surface area contributed by atoms with Crippen molar-refractivity contribution in [2.75, 3.05) is 37.2 Å². The number of thiazole rings is 1. The fourth-order valence-corrected chi connectivity index (χ4v) is 7.71. The zero-order chi connectivity index (χ0) is 30.2. The van der Waals surface area contributed by atoms with Crippen LogP contribution in [0.5, 0.6) is 0 Å². The molecule has 0 bridgehead atoms. The van der Waals surface area contributed by atoms with Crippen molar-refractivity contribution in [1.29, 1.82) is 0 Å². The molecule has 41 heavy (non-hydrogen) atoms. The van der Waals surface area contributed by atoms with Gasteiger partial charge in [-0.15, -0.1) is 11.3 Å². The summed E-state index contributed by atoms with van der Waals surface area (Å²) in [5.74, 6) is -0.546. The van der Waals surface area contributed by atoms with Crippen LogP contribution in [-0.2, 0) is 19.5 Å². The highest BCUT2D eigenvalue weighted by Crippen LogP contribution is 2.42. The second-order valence-electron chi connectivity index (χ2n) is 11.7. The van der Waals surface area contributed by atoms with Crippen LogP contribution < -0.4 is 15.4 Å². The first-order valence-corrected chi connectivity index (χ1v) is 16.3. The van der Waals surface area contributed by atoms with Crippen LogP contribution >= 0.6 is 11.3 Å². The summed E-state index contributed by atoms with van der Waals surface area (Å²) in [4.78, 5) is 18.8. The minimum absolute atomic E-state index is 0.134. The first-order valence-electron chi connectivity index (χ1n) is 13.6. The van der Waals surface area contributed by atoms with E-state index in [0.29, 0.717) is 37.8 Å². The van der Waals surface area contributed by atoms with Gasteiger partial charge in [0.15, 0.2) is 5.79 Å². The van der Waals surface area contributed by atoms with Crippen LogP contribution in [0.15, 0.2) is 12.3 Å². The van der Waals surface area contributed by atoms with Gasteiger partial charge in [0, 0.05) is 37.4 Å². The predicted octanol–water partition coefficient (Wildman–Crippen LogP) is 3.46. The normalized spacial score (nSPS) is 20.1. The monoisotopic (exact) mass is 607 g/mol. The van der Waals surface area contributed by atoms with Crippen LogP contribution in [0.4, 0.5) is 11.8 Å². The molecule has 1 saturated carbocycles. The number of rotatable bonds is 12. The Morgan fingerprint density at radius 2 is 1.85 bits per heavy atom. The molecular weight excluding hydrogens is 566 g/mol. The first-order chi connectivity index (χ1) is 19.1. The summed E-state index contributed by atoms with van der Waals surface area (Å²) in [6.07, 6.45) is 3.61. The molecule has 12 nitrogen and oxygen atoms in total. The van der Waals surface area contributed by atoms with Crippen molar-refractivity contribution in [1.82, 2.24) is 24.7 Å². The number of aliphatic hydroxyl groups is 1. The Morgan fingerprint density at radius 3 is 2.49 bits per heavy atom. The lowest BCUT2D eigenvalue weighted by Gasteiger charge is -2.37. The number of hydrogen-bond acceptors (Lipinski definition) is 12. The lowest BCUT2D eigenvalue weighted by Crippen LogP contribution is -2.52. The number of aryl methyl sites for hydroxylation is 2. The number of aromatic nitrogens is 4. The van der Waals surface area contributed by atoms with Gasteiger partial charge in [-0.05, 0) is 60.5 Å². The third kappa shape index (κ3) is 7.87. The summed E-state index contributed by atoms with van der Waals surface area (Å²) < 4.78 is 39.4. The number of sulfonamides is 1. The number of ether oxygens (including phenoxy) is 2. The molecule has 0 aliphatic heterocycles. The molecule has 1 aliphatic carbocycles. The highest BCUT2D eigenvalue weighted by Gasteiger charge is 2.46. The third-order valence-corrected chi connectivity index (χ3v) is 8.98. The summed E-state index contributed by atoms with van der Waals surface area (Å²) in [5, 5.41) is 18.1. The Bertz CT molecular complexity index is 1490. The maximum absolute atomic E-state index is 12.2. The summed E-state index contributed by atoms with van der Waals surface area (Å²) in [5.41, 5.74) is 2.41. The van der Waals surface area contributed by atoms with Gasteiger partial charge in [0.2, 0.25) is 16.0 Å². The van der Waals surface area contributed by atoms with Crippen molar-refractivity contribution >= 4 is 43.3 Å². The Balaban J connectivity index is 1.72. The molecule has 3 aromatic heterocycles. The Labute approximate surface area is 245 Å². The third-order valence-electron chi connectivity index (χ3n) is 7.04. The smallest absolute Gasteiger partial charge is 0.224 e. The quantitative estimate of drug-likeness (QED) is 0.176. The van der Waals surface area contributed by atoms with Crippen LogP contribution in [0.3, 0.4) is 0 Å². The zero-order valence-corrected chi connectivity index (χ0v) is 26.5. The Morgan fingerprint density at radius 1 is 1.12 bits per heavy atom. The van der Waals surface area contributed by atoms with Crippen molar-refractivity contribution in [3.8, 4) is 10.6 Å². The van der Waals surface area contributed by atoms with E-state index in [1.807, 2.05) is 33.8 Å². The molecule has 2 unspecified atom stereocenters. The number of methoxy groups -OCH3 is 1. The summed E-state index contributed by atoms with van der Waals surface area (Å²) in [6, 6.07) is 1.82. The first kappa shape index (κ1) is 31.4. The van der Waals surface area contributed by atoms with E-state index in [4.69, 9.17) is 24.4 Å². The van der Waals surface area contributed by atoms with Gasteiger partial charge in [0.05, 0.1) is 40.6 Å². The van der Waals surface area contributed by atoms with E-state index in [-0.39, 0.29) is 12.0 Å². The van der Waals surface area contributed by atoms with E-state index in [9.17, 15) is 13.5 Å². The van der Waals surface area contributed by atoms with Gasteiger partial charge in [0.25, 0.3) is 0 Å². The van der Waals surface area contributed by atoms with Gasteiger partial charge in [-0.2, -0.15) is 4.98 Å². The van der Waals surface area contributed by atoms with Gasteiger partial charge in [-0.3, -0.25) is 4.98 Å². The summed E-state index contributed by atoms with van der Waals surface area (Å²) in [7, 11) is -1.85. The molecule has 3 heterocycles. The van der Waals surface area contributed by atoms with Gasteiger partial charge in [-0.1, -0.05) is 0 Å². The highest BCUT2D eigenvalue weighted by molar-refractivity contribution is 7.88. The fourth-order valence-electron chi connectivity index (χ4n) is 5.49. The van der Waals surface area contributed by atoms with Crippen LogP contribution in [-0.4, -0.2) is 83.4 Å². The number of hydrogen-bond donors (Lipinski definition) is 4. The average molecular weight is 608 g/mol. The SMILES string of the molecule is COCCNc1nc(C)c(-c2nc3c(C)nccc3s2)c(NC2CC(C(C)(C)NS(C)(=O)=O)[C@@H](OC(C)(C)O)C2)n1. The molecule has 1 fully saturated rings. The van der Waals surface area contributed by atoms with Gasteiger partial charge >= 0.3 is 0 Å². The van der Waals surface area contributed by atoms with Gasteiger partial charge in [-0.25, -0.2) is 23.1 Å².